The molecule has 2 aromatic heterocycles. The average Bonchev–Trinajstić information content (AvgIpc) is 3.07. The normalized spacial score (nSPS) is 20.3. The second-order valence-electron chi connectivity index (χ2n) is 5.06. The summed E-state index contributed by atoms with van der Waals surface area (Å²) in [6.07, 6.45) is 3.97. The zero-order valence-electron chi connectivity index (χ0n) is 11.1. The van der Waals surface area contributed by atoms with Gasteiger partial charge in [-0.2, -0.15) is 0 Å². The van der Waals surface area contributed by atoms with E-state index in [1.807, 2.05) is 24.6 Å². The Morgan fingerprint density at radius 3 is 3.00 bits per heavy atom. The molecule has 3 heterocycles. The Labute approximate surface area is 117 Å². The fourth-order valence-electron chi connectivity index (χ4n) is 2.63. The Kier molecular flexibility index (Phi) is 3.33. The van der Waals surface area contributed by atoms with Gasteiger partial charge in [-0.1, -0.05) is 16.8 Å². The predicted molar refractivity (Wildman–Crippen MR) is 71.8 cm³/mol. The van der Waals surface area contributed by atoms with Gasteiger partial charge in [0.2, 0.25) is 0 Å². The van der Waals surface area contributed by atoms with Crippen molar-refractivity contribution in [2.75, 3.05) is 6.54 Å². The molecule has 0 radical (unpaired) electrons. The summed E-state index contributed by atoms with van der Waals surface area (Å²) in [6, 6.07) is 2.32. The maximum atomic E-state index is 6.02. The fourth-order valence-corrected chi connectivity index (χ4v) is 2.78. The molecule has 6 heteroatoms. The van der Waals surface area contributed by atoms with E-state index >= 15 is 0 Å². The first-order chi connectivity index (χ1) is 9.15. The maximum absolute atomic E-state index is 6.02. The van der Waals surface area contributed by atoms with E-state index in [-0.39, 0.29) is 0 Å². The third-order valence-corrected chi connectivity index (χ3v) is 4.06. The van der Waals surface area contributed by atoms with Crippen LogP contribution in [0.25, 0.3) is 0 Å². The summed E-state index contributed by atoms with van der Waals surface area (Å²) in [7, 11) is 1.94. The minimum Gasteiger partial charge on any atom is -0.359 e. The van der Waals surface area contributed by atoms with Crippen LogP contribution in [0.5, 0.6) is 0 Å². The van der Waals surface area contributed by atoms with E-state index in [4.69, 9.17) is 16.1 Å². The van der Waals surface area contributed by atoms with E-state index in [1.54, 1.807) is 6.20 Å². The molecule has 0 saturated carbocycles. The van der Waals surface area contributed by atoms with E-state index in [0.29, 0.717) is 11.2 Å². The van der Waals surface area contributed by atoms with Crippen molar-refractivity contribution in [2.45, 2.75) is 32.4 Å². The lowest BCUT2D eigenvalue weighted by Crippen LogP contribution is -2.24. The third-order valence-electron chi connectivity index (χ3n) is 3.71. The van der Waals surface area contributed by atoms with Crippen molar-refractivity contribution in [3.8, 4) is 0 Å². The molecule has 0 amide bonds. The minimum absolute atomic E-state index is 0.302. The Morgan fingerprint density at radius 1 is 1.53 bits per heavy atom. The Hall–Kier alpha value is -1.33. The van der Waals surface area contributed by atoms with Gasteiger partial charge < -0.3 is 9.09 Å². The summed E-state index contributed by atoms with van der Waals surface area (Å²) in [6.45, 7) is 3.79. The van der Waals surface area contributed by atoms with Crippen LogP contribution in [-0.2, 0) is 13.6 Å². The standard InChI is InChI=1S/C13H17ClN4O/c1-9-6-11(19-16-9)10-4-3-5-18(10)8-13-15-7-12(14)17(13)2/h6-7,10H,3-5,8H2,1-2H3/t10-/m0/s1. The highest BCUT2D eigenvalue weighted by Crippen LogP contribution is 2.33. The highest BCUT2D eigenvalue weighted by Gasteiger charge is 2.29. The lowest BCUT2D eigenvalue weighted by atomic mass is 10.1. The fraction of sp³-hybridized carbons (Fsp3) is 0.538. The molecule has 0 N–H and O–H groups in total. The smallest absolute Gasteiger partial charge is 0.154 e. The molecule has 1 saturated heterocycles. The van der Waals surface area contributed by atoms with Crippen molar-refractivity contribution in [3.05, 3.63) is 34.7 Å². The molecule has 1 aliphatic heterocycles. The molecular formula is C13H17ClN4O. The highest BCUT2D eigenvalue weighted by atomic mass is 35.5. The molecule has 102 valence electrons. The first kappa shape index (κ1) is 12.7. The number of imidazole rings is 1. The minimum atomic E-state index is 0.302. The van der Waals surface area contributed by atoms with Gasteiger partial charge in [-0.15, -0.1) is 0 Å². The quantitative estimate of drug-likeness (QED) is 0.867. The first-order valence-corrected chi connectivity index (χ1v) is 6.86. The largest absolute Gasteiger partial charge is 0.359 e. The van der Waals surface area contributed by atoms with Gasteiger partial charge in [0.15, 0.2) is 5.76 Å². The van der Waals surface area contributed by atoms with E-state index in [1.165, 1.54) is 6.42 Å². The average molecular weight is 281 g/mol. The molecule has 5 nitrogen and oxygen atoms in total. The molecule has 19 heavy (non-hydrogen) atoms. The molecule has 0 aliphatic carbocycles. The van der Waals surface area contributed by atoms with Crippen LogP contribution in [0.4, 0.5) is 0 Å². The van der Waals surface area contributed by atoms with Gasteiger partial charge in [-0.25, -0.2) is 4.98 Å². The number of hydrogen-bond donors (Lipinski definition) is 0. The van der Waals surface area contributed by atoms with Crippen LogP contribution in [0.1, 0.15) is 36.2 Å². The Morgan fingerprint density at radius 2 is 2.37 bits per heavy atom. The molecule has 1 aliphatic rings. The number of halogens is 1. The first-order valence-electron chi connectivity index (χ1n) is 6.48. The second-order valence-corrected chi connectivity index (χ2v) is 5.44. The number of hydrogen-bond acceptors (Lipinski definition) is 4. The number of likely N-dealkylation sites (tertiary alicyclic amines) is 1. The summed E-state index contributed by atoms with van der Waals surface area (Å²) in [4.78, 5) is 6.73. The summed E-state index contributed by atoms with van der Waals surface area (Å²) >= 11 is 6.02. The lowest BCUT2D eigenvalue weighted by molar-refractivity contribution is 0.201. The van der Waals surface area contributed by atoms with E-state index in [9.17, 15) is 0 Å². The van der Waals surface area contributed by atoms with E-state index in [0.717, 1.165) is 36.8 Å². The monoisotopic (exact) mass is 280 g/mol. The topological polar surface area (TPSA) is 47.1 Å². The van der Waals surface area contributed by atoms with Crippen LogP contribution in [-0.4, -0.2) is 26.2 Å². The molecular weight excluding hydrogens is 264 g/mol. The van der Waals surface area contributed by atoms with Crippen LogP contribution >= 0.6 is 11.6 Å². The van der Waals surface area contributed by atoms with Crippen molar-refractivity contribution in [1.82, 2.24) is 19.6 Å². The van der Waals surface area contributed by atoms with Gasteiger partial charge in [0, 0.05) is 13.1 Å². The molecule has 1 atom stereocenters. The van der Waals surface area contributed by atoms with Crippen LogP contribution in [0.3, 0.4) is 0 Å². The van der Waals surface area contributed by atoms with Crippen LogP contribution in [0.2, 0.25) is 5.15 Å². The Balaban J connectivity index is 1.78. The molecule has 2 aromatic rings. The predicted octanol–water partition coefficient (Wildman–Crippen LogP) is 2.71. The van der Waals surface area contributed by atoms with Crippen molar-refractivity contribution in [2.24, 2.45) is 7.05 Å². The third kappa shape index (κ3) is 2.40. The molecule has 0 unspecified atom stereocenters. The molecule has 0 aromatic carbocycles. The van der Waals surface area contributed by atoms with Gasteiger partial charge in [-0.3, -0.25) is 4.90 Å². The molecule has 1 fully saturated rings. The number of aryl methyl sites for hydroxylation is 1. The van der Waals surface area contributed by atoms with Crippen molar-refractivity contribution < 1.29 is 4.52 Å². The van der Waals surface area contributed by atoms with Gasteiger partial charge in [0.25, 0.3) is 0 Å². The molecule has 0 bridgehead atoms. The van der Waals surface area contributed by atoms with Gasteiger partial charge in [-0.05, 0) is 26.3 Å². The molecule has 3 rings (SSSR count). The zero-order chi connectivity index (χ0) is 13.4. The summed E-state index contributed by atoms with van der Waals surface area (Å²) in [5, 5.41) is 4.65. The summed E-state index contributed by atoms with van der Waals surface area (Å²) in [5.41, 5.74) is 0.932. The highest BCUT2D eigenvalue weighted by molar-refractivity contribution is 6.29. The van der Waals surface area contributed by atoms with Crippen molar-refractivity contribution >= 4 is 11.6 Å². The maximum Gasteiger partial charge on any atom is 0.154 e. The Bertz CT molecular complexity index is 577. The van der Waals surface area contributed by atoms with E-state index < -0.39 is 0 Å². The number of aromatic nitrogens is 3. The van der Waals surface area contributed by atoms with Crippen LogP contribution in [0.15, 0.2) is 16.8 Å². The SMILES string of the molecule is Cc1cc([C@@H]2CCCN2Cc2ncc(Cl)n2C)on1. The number of rotatable bonds is 3. The summed E-state index contributed by atoms with van der Waals surface area (Å²) in [5.74, 6) is 1.93. The van der Waals surface area contributed by atoms with Crippen LogP contribution in [0, 0.1) is 6.92 Å². The van der Waals surface area contributed by atoms with Gasteiger partial charge >= 0.3 is 0 Å². The lowest BCUT2D eigenvalue weighted by Gasteiger charge is -2.21. The van der Waals surface area contributed by atoms with Crippen molar-refractivity contribution in [3.63, 3.8) is 0 Å². The molecule has 0 spiro atoms. The van der Waals surface area contributed by atoms with Gasteiger partial charge in [0.1, 0.15) is 11.0 Å². The second kappa shape index (κ2) is 4.98. The van der Waals surface area contributed by atoms with Crippen LogP contribution < -0.4 is 0 Å². The zero-order valence-corrected chi connectivity index (χ0v) is 11.9. The number of nitrogens with zero attached hydrogens (tertiary/aromatic N) is 4. The van der Waals surface area contributed by atoms with E-state index in [2.05, 4.69) is 15.0 Å². The summed E-state index contributed by atoms with van der Waals surface area (Å²) < 4.78 is 7.33. The van der Waals surface area contributed by atoms with Crippen molar-refractivity contribution in [1.29, 1.82) is 0 Å². The van der Waals surface area contributed by atoms with Gasteiger partial charge in [0.05, 0.1) is 24.5 Å².